The van der Waals surface area contributed by atoms with Gasteiger partial charge in [0, 0.05) is 13.3 Å². The topological polar surface area (TPSA) is 191 Å². The molecule has 1 aromatic carbocycles. The molecule has 36 heavy (non-hydrogen) atoms. The second-order valence-corrected chi connectivity index (χ2v) is 9.00. The maximum Gasteiger partial charge on any atom is 0.310 e. The van der Waals surface area contributed by atoms with E-state index in [1.54, 1.807) is 6.07 Å². The number of nitrogens with one attached hydrogen (secondary N) is 3. The van der Waals surface area contributed by atoms with Gasteiger partial charge in [0.25, 0.3) is 0 Å². The van der Waals surface area contributed by atoms with E-state index in [9.17, 15) is 33.9 Å². The van der Waals surface area contributed by atoms with Crippen LogP contribution in [0.15, 0.2) is 18.2 Å². The third-order valence-electron chi connectivity index (χ3n) is 6.41. The number of rotatable bonds is 7. The number of aliphatic hydroxyl groups excluding tert-OH is 1. The van der Waals surface area contributed by atoms with Crippen molar-refractivity contribution >= 4 is 41.3 Å². The number of anilines is 1. The Morgan fingerprint density at radius 2 is 1.86 bits per heavy atom. The number of ether oxygens (including phenoxy) is 1. The molecule has 1 saturated heterocycles. The normalized spacial score (nSPS) is 25.3. The Labute approximate surface area is 205 Å². The van der Waals surface area contributed by atoms with Crippen molar-refractivity contribution in [2.45, 2.75) is 69.5 Å². The fourth-order valence-corrected chi connectivity index (χ4v) is 4.82. The van der Waals surface area contributed by atoms with Gasteiger partial charge in [-0.15, -0.1) is 0 Å². The first kappa shape index (κ1) is 25.1. The SMILES string of the molecule is CC(=O)N[C@@H](CC(=O)O)C(=O)N[C@H]1CCc2cccc3c2N(C1=O)[C@H](C(=O)N[C@H]1CC(=O)OC1O)C3. The minimum atomic E-state index is -1.49. The minimum absolute atomic E-state index is 0.187. The fraction of sp³-hybridized carbons (Fsp3) is 0.478. The second kappa shape index (κ2) is 9.93. The number of cyclic esters (lactones) is 1. The first-order valence-electron chi connectivity index (χ1n) is 11.5. The highest BCUT2D eigenvalue weighted by Crippen LogP contribution is 2.39. The Morgan fingerprint density at radius 1 is 1.14 bits per heavy atom. The van der Waals surface area contributed by atoms with E-state index < -0.39 is 72.4 Å². The van der Waals surface area contributed by atoms with Crippen LogP contribution in [-0.2, 0) is 46.3 Å². The molecule has 0 saturated carbocycles. The van der Waals surface area contributed by atoms with Gasteiger partial charge in [-0.05, 0) is 24.0 Å². The standard InChI is InChI=1S/C23H26N4O9/c1-10(28)24-14(8-17(29)30)20(32)25-13-6-5-11-3-2-4-12-7-16(27(19(11)12)22(13)34)21(33)26-15-9-18(31)36-23(15)35/h2-4,13-16,23,35H,5-9H2,1H3,(H,24,28)(H,25,32)(H,26,33)(H,29,30)/t13-,14-,15-,16-,23?/m0/s1. The van der Waals surface area contributed by atoms with Crippen LogP contribution in [0.4, 0.5) is 5.69 Å². The lowest BCUT2D eigenvalue weighted by atomic mass is 10.0. The van der Waals surface area contributed by atoms with E-state index in [0.717, 1.165) is 18.1 Å². The van der Waals surface area contributed by atoms with Gasteiger partial charge in [0.2, 0.25) is 29.9 Å². The Bertz CT molecular complexity index is 1120. The third kappa shape index (κ3) is 5.00. The summed E-state index contributed by atoms with van der Waals surface area (Å²) in [6, 6.07) is 0.998. The lowest BCUT2D eigenvalue weighted by molar-refractivity contribution is -0.155. The molecule has 4 rings (SSSR count). The molecular weight excluding hydrogens is 476 g/mol. The molecule has 13 nitrogen and oxygen atoms in total. The number of carboxylic acids is 1. The summed E-state index contributed by atoms with van der Waals surface area (Å²) in [5.74, 6) is -4.56. The van der Waals surface area contributed by atoms with Crippen LogP contribution in [0.3, 0.4) is 0 Å². The van der Waals surface area contributed by atoms with Crippen molar-refractivity contribution in [3.05, 3.63) is 29.3 Å². The lowest BCUT2D eigenvalue weighted by Crippen LogP contribution is -2.58. The summed E-state index contributed by atoms with van der Waals surface area (Å²) in [5.41, 5.74) is 2.13. The van der Waals surface area contributed by atoms with Crippen molar-refractivity contribution in [2.24, 2.45) is 0 Å². The zero-order chi connectivity index (χ0) is 26.1. The van der Waals surface area contributed by atoms with Crippen molar-refractivity contribution in [2.75, 3.05) is 4.90 Å². The molecule has 5 N–H and O–H groups in total. The summed E-state index contributed by atoms with van der Waals surface area (Å²) in [5, 5.41) is 26.4. The van der Waals surface area contributed by atoms with E-state index in [4.69, 9.17) is 5.11 Å². The zero-order valence-electron chi connectivity index (χ0n) is 19.4. The highest BCUT2D eigenvalue weighted by molar-refractivity contribution is 6.08. The number of aliphatic carboxylic acids is 1. The van der Waals surface area contributed by atoms with E-state index in [1.165, 1.54) is 4.90 Å². The van der Waals surface area contributed by atoms with Crippen LogP contribution in [0.1, 0.15) is 37.3 Å². The first-order valence-corrected chi connectivity index (χ1v) is 11.5. The lowest BCUT2D eigenvalue weighted by Gasteiger charge is -2.29. The molecule has 3 aliphatic rings. The molecular formula is C23H26N4O9. The third-order valence-corrected chi connectivity index (χ3v) is 6.41. The molecule has 4 amide bonds. The van der Waals surface area contributed by atoms with Crippen molar-refractivity contribution in [3.63, 3.8) is 0 Å². The Morgan fingerprint density at radius 3 is 2.50 bits per heavy atom. The van der Waals surface area contributed by atoms with Crippen molar-refractivity contribution < 1.29 is 43.7 Å². The van der Waals surface area contributed by atoms with Gasteiger partial charge in [0.1, 0.15) is 24.2 Å². The van der Waals surface area contributed by atoms with Crippen LogP contribution in [0.2, 0.25) is 0 Å². The maximum atomic E-state index is 13.6. The van der Waals surface area contributed by atoms with Crippen LogP contribution < -0.4 is 20.9 Å². The van der Waals surface area contributed by atoms with E-state index in [2.05, 4.69) is 20.7 Å². The maximum absolute atomic E-state index is 13.6. The molecule has 0 radical (unpaired) electrons. The van der Waals surface area contributed by atoms with E-state index in [-0.39, 0.29) is 19.3 Å². The molecule has 1 unspecified atom stereocenters. The fourth-order valence-electron chi connectivity index (χ4n) is 4.82. The average Bonchev–Trinajstić information content (AvgIpc) is 3.30. The summed E-state index contributed by atoms with van der Waals surface area (Å²) in [6.45, 7) is 1.14. The quantitative estimate of drug-likeness (QED) is 0.265. The number of carbonyl (C=O) groups excluding carboxylic acids is 5. The smallest absolute Gasteiger partial charge is 0.310 e. The van der Waals surface area contributed by atoms with Gasteiger partial charge in [-0.1, -0.05) is 18.2 Å². The summed E-state index contributed by atoms with van der Waals surface area (Å²) in [4.78, 5) is 75.0. The van der Waals surface area contributed by atoms with Crippen LogP contribution in [0.25, 0.3) is 0 Å². The number of aliphatic hydroxyl groups is 1. The van der Waals surface area contributed by atoms with E-state index in [0.29, 0.717) is 12.1 Å². The molecule has 13 heteroatoms. The molecule has 5 atom stereocenters. The number of carbonyl (C=O) groups is 6. The molecule has 3 heterocycles. The van der Waals surface area contributed by atoms with Gasteiger partial charge < -0.3 is 30.9 Å². The molecule has 1 fully saturated rings. The van der Waals surface area contributed by atoms with Crippen LogP contribution >= 0.6 is 0 Å². The molecule has 0 aliphatic carbocycles. The number of nitrogens with zero attached hydrogens (tertiary/aromatic N) is 1. The van der Waals surface area contributed by atoms with Gasteiger partial charge >= 0.3 is 11.9 Å². The number of amides is 4. The molecule has 3 aliphatic heterocycles. The van der Waals surface area contributed by atoms with Crippen LogP contribution in [0, 0.1) is 0 Å². The van der Waals surface area contributed by atoms with E-state index >= 15 is 0 Å². The van der Waals surface area contributed by atoms with Gasteiger partial charge in [0.15, 0.2) is 0 Å². The Hall–Kier alpha value is -4.00. The Kier molecular flexibility index (Phi) is 6.93. The minimum Gasteiger partial charge on any atom is -0.481 e. The van der Waals surface area contributed by atoms with Gasteiger partial charge in [-0.25, -0.2) is 0 Å². The summed E-state index contributed by atoms with van der Waals surface area (Å²) < 4.78 is 4.66. The van der Waals surface area contributed by atoms with Gasteiger partial charge in [-0.2, -0.15) is 0 Å². The summed E-state index contributed by atoms with van der Waals surface area (Å²) in [6.07, 6.45) is -1.60. The number of aryl methyl sites for hydroxylation is 1. The molecule has 0 spiro atoms. The van der Waals surface area contributed by atoms with Crippen LogP contribution in [-0.4, -0.2) is 76.2 Å². The molecule has 0 bridgehead atoms. The van der Waals surface area contributed by atoms with Crippen molar-refractivity contribution in [1.82, 2.24) is 16.0 Å². The first-order chi connectivity index (χ1) is 17.0. The Balaban J connectivity index is 1.57. The predicted octanol–water partition coefficient (Wildman–Crippen LogP) is -1.90. The average molecular weight is 502 g/mol. The summed E-state index contributed by atoms with van der Waals surface area (Å²) >= 11 is 0. The number of benzene rings is 1. The van der Waals surface area contributed by atoms with E-state index in [1.807, 2.05) is 12.1 Å². The van der Waals surface area contributed by atoms with Gasteiger partial charge in [-0.3, -0.25) is 33.7 Å². The molecule has 192 valence electrons. The largest absolute Gasteiger partial charge is 0.481 e. The molecule has 1 aromatic rings. The highest BCUT2D eigenvalue weighted by Gasteiger charge is 2.46. The predicted molar refractivity (Wildman–Crippen MR) is 120 cm³/mol. The number of hydrogen-bond acceptors (Lipinski definition) is 8. The number of carboxylic acid groups (broad SMARTS) is 1. The number of hydrogen-bond donors (Lipinski definition) is 5. The van der Waals surface area contributed by atoms with Crippen molar-refractivity contribution in [1.29, 1.82) is 0 Å². The van der Waals surface area contributed by atoms with Gasteiger partial charge in [0.05, 0.1) is 18.5 Å². The van der Waals surface area contributed by atoms with Crippen molar-refractivity contribution in [3.8, 4) is 0 Å². The zero-order valence-corrected chi connectivity index (χ0v) is 19.4. The monoisotopic (exact) mass is 502 g/mol. The molecule has 0 aromatic heterocycles. The second-order valence-electron chi connectivity index (χ2n) is 9.00. The number of esters is 1. The highest BCUT2D eigenvalue weighted by atomic mass is 16.6. The summed E-state index contributed by atoms with van der Waals surface area (Å²) in [7, 11) is 0. The number of para-hydroxylation sites is 1. The van der Waals surface area contributed by atoms with Crippen LogP contribution in [0.5, 0.6) is 0 Å².